The molecule has 0 bridgehead atoms. The number of nitrogens with two attached hydrogens (primary N) is 1. The number of halogens is 1. The molecule has 2 N–H and O–H groups in total. The van der Waals surface area contributed by atoms with Gasteiger partial charge in [0.2, 0.25) is 0 Å². The fraction of sp³-hybridized carbons (Fsp3) is 0.533. The maximum Gasteiger partial charge on any atom is 0.0847 e. The van der Waals surface area contributed by atoms with E-state index >= 15 is 0 Å². The summed E-state index contributed by atoms with van der Waals surface area (Å²) in [5.41, 5.74) is 8.23. The third-order valence-electron chi connectivity index (χ3n) is 3.49. The second-order valence-electron chi connectivity index (χ2n) is 5.10. The van der Waals surface area contributed by atoms with Gasteiger partial charge in [-0.05, 0) is 44.6 Å². The van der Waals surface area contributed by atoms with Gasteiger partial charge in [0, 0.05) is 23.9 Å². The molecule has 0 aliphatic carbocycles. The van der Waals surface area contributed by atoms with Crippen molar-refractivity contribution in [3.8, 4) is 0 Å². The lowest BCUT2D eigenvalue weighted by molar-refractivity contribution is 0.540. The summed E-state index contributed by atoms with van der Waals surface area (Å²) >= 11 is 8.13. The summed E-state index contributed by atoms with van der Waals surface area (Å²) in [6.45, 7) is 4.86. The highest BCUT2D eigenvalue weighted by molar-refractivity contribution is 7.09. The molecule has 0 amide bonds. The zero-order valence-electron chi connectivity index (χ0n) is 12.1. The third-order valence-corrected chi connectivity index (χ3v) is 4.91. The summed E-state index contributed by atoms with van der Waals surface area (Å²) in [7, 11) is 0. The van der Waals surface area contributed by atoms with Crippen molar-refractivity contribution >= 4 is 22.9 Å². The number of thiophene rings is 1. The van der Waals surface area contributed by atoms with E-state index in [1.807, 2.05) is 22.9 Å². The van der Waals surface area contributed by atoms with Crippen LogP contribution in [0, 0.1) is 6.92 Å². The van der Waals surface area contributed by atoms with Crippen molar-refractivity contribution < 1.29 is 0 Å². The standard InChI is InChI=1S/C15H22ClN3S/c1-3-19-14(15(16)11(2)18-19)10-12(17)6-4-7-13-8-5-9-20-13/h5,8-9,12H,3-4,6-7,10,17H2,1-2H3. The summed E-state index contributed by atoms with van der Waals surface area (Å²) in [4.78, 5) is 1.43. The highest BCUT2D eigenvalue weighted by atomic mass is 35.5. The molecule has 0 saturated carbocycles. The highest BCUT2D eigenvalue weighted by Gasteiger charge is 2.15. The third kappa shape index (κ3) is 3.84. The SMILES string of the molecule is CCn1nc(C)c(Cl)c1CC(N)CCCc1cccs1. The Morgan fingerprint density at radius 2 is 2.30 bits per heavy atom. The van der Waals surface area contributed by atoms with Gasteiger partial charge in [0.25, 0.3) is 0 Å². The first kappa shape index (κ1) is 15.5. The molecule has 1 unspecified atom stereocenters. The van der Waals surface area contributed by atoms with Gasteiger partial charge in [-0.25, -0.2) is 0 Å². The summed E-state index contributed by atoms with van der Waals surface area (Å²) in [6.07, 6.45) is 4.06. The summed E-state index contributed by atoms with van der Waals surface area (Å²) in [6, 6.07) is 4.43. The van der Waals surface area contributed by atoms with E-state index in [9.17, 15) is 0 Å². The minimum atomic E-state index is 0.147. The van der Waals surface area contributed by atoms with E-state index in [4.69, 9.17) is 17.3 Å². The maximum atomic E-state index is 6.31. The Morgan fingerprint density at radius 3 is 2.95 bits per heavy atom. The maximum absolute atomic E-state index is 6.31. The second kappa shape index (κ2) is 7.25. The van der Waals surface area contributed by atoms with Gasteiger partial charge in [-0.3, -0.25) is 4.68 Å². The van der Waals surface area contributed by atoms with Gasteiger partial charge >= 0.3 is 0 Å². The Balaban J connectivity index is 1.86. The van der Waals surface area contributed by atoms with Crippen LogP contribution < -0.4 is 5.73 Å². The molecule has 20 heavy (non-hydrogen) atoms. The van der Waals surface area contributed by atoms with E-state index in [1.54, 1.807) is 0 Å². The van der Waals surface area contributed by atoms with Crippen molar-refractivity contribution in [2.45, 2.75) is 52.1 Å². The van der Waals surface area contributed by atoms with Crippen molar-refractivity contribution in [3.63, 3.8) is 0 Å². The minimum Gasteiger partial charge on any atom is -0.327 e. The van der Waals surface area contributed by atoms with Gasteiger partial charge in [0.05, 0.1) is 16.4 Å². The lowest BCUT2D eigenvalue weighted by Crippen LogP contribution is -2.24. The Morgan fingerprint density at radius 1 is 1.50 bits per heavy atom. The molecule has 3 nitrogen and oxygen atoms in total. The van der Waals surface area contributed by atoms with Crippen LogP contribution in [-0.4, -0.2) is 15.8 Å². The minimum absolute atomic E-state index is 0.147. The van der Waals surface area contributed by atoms with Gasteiger partial charge in [-0.1, -0.05) is 17.7 Å². The number of rotatable bonds is 7. The predicted molar refractivity (Wildman–Crippen MR) is 86.6 cm³/mol. The Kier molecular flexibility index (Phi) is 5.64. The first-order chi connectivity index (χ1) is 9.61. The molecule has 2 aromatic rings. The molecule has 1 atom stereocenters. The van der Waals surface area contributed by atoms with Crippen LogP contribution in [0.15, 0.2) is 17.5 Å². The van der Waals surface area contributed by atoms with E-state index in [1.165, 1.54) is 4.88 Å². The fourth-order valence-electron chi connectivity index (χ4n) is 2.41. The van der Waals surface area contributed by atoms with Gasteiger partial charge in [-0.15, -0.1) is 11.3 Å². The molecule has 2 aromatic heterocycles. The van der Waals surface area contributed by atoms with Crippen LogP contribution in [-0.2, 0) is 19.4 Å². The van der Waals surface area contributed by atoms with Gasteiger partial charge in [0.15, 0.2) is 0 Å². The Bertz CT molecular complexity index is 534. The normalized spacial score (nSPS) is 12.8. The van der Waals surface area contributed by atoms with E-state index < -0.39 is 0 Å². The van der Waals surface area contributed by atoms with E-state index in [-0.39, 0.29) is 6.04 Å². The molecule has 5 heteroatoms. The van der Waals surface area contributed by atoms with Crippen LogP contribution in [0.25, 0.3) is 0 Å². The van der Waals surface area contributed by atoms with Crippen molar-refractivity contribution in [1.29, 1.82) is 0 Å². The molecule has 2 rings (SSSR count). The number of nitrogens with zero attached hydrogens (tertiary/aromatic N) is 2. The molecule has 0 saturated heterocycles. The van der Waals surface area contributed by atoms with Gasteiger partial charge in [-0.2, -0.15) is 5.10 Å². The van der Waals surface area contributed by atoms with Crippen molar-refractivity contribution in [2.75, 3.05) is 0 Å². The monoisotopic (exact) mass is 311 g/mol. The number of hydrogen-bond acceptors (Lipinski definition) is 3. The quantitative estimate of drug-likeness (QED) is 0.844. The van der Waals surface area contributed by atoms with Crippen molar-refractivity contribution in [3.05, 3.63) is 38.8 Å². The molecule has 0 radical (unpaired) electrons. The summed E-state index contributed by atoms with van der Waals surface area (Å²) < 4.78 is 1.97. The van der Waals surface area contributed by atoms with E-state index in [2.05, 4.69) is 29.5 Å². The van der Waals surface area contributed by atoms with Crippen LogP contribution in [0.2, 0.25) is 5.02 Å². The summed E-state index contributed by atoms with van der Waals surface area (Å²) in [5.74, 6) is 0. The zero-order chi connectivity index (χ0) is 14.5. The lowest BCUT2D eigenvalue weighted by Gasteiger charge is -2.12. The summed E-state index contributed by atoms with van der Waals surface area (Å²) in [5, 5.41) is 7.33. The molecule has 0 fully saturated rings. The zero-order valence-corrected chi connectivity index (χ0v) is 13.7. The fourth-order valence-corrected chi connectivity index (χ4v) is 3.37. The average Bonchev–Trinajstić information content (AvgIpc) is 3.02. The van der Waals surface area contributed by atoms with Crippen LogP contribution in [0.4, 0.5) is 0 Å². The Hall–Kier alpha value is -0.840. The first-order valence-electron chi connectivity index (χ1n) is 7.11. The highest BCUT2D eigenvalue weighted by Crippen LogP contribution is 2.22. The molecule has 110 valence electrons. The smallest absolute Gasteiger partial charge is 0.0847 e. The molecule has 0 aromatic carbocycles. The van der Waals surface area contributed by atoms with Crippen molar-refractivity contribution in [2.24, 2.45) is 5.73 Å². The number of aryl methyl sites for hydroxylation is 3. The lowest BCUT2D eigenvalue weighted by atomic mass is 10.0. The van der Waals surface area contributed by atoms with Crippen LogP contribution in [0.1, 0.15) is 36.0 Å². The topological polar surface area (TPSA) is 43.8 Å². The van der Waals surface area contributed by atoms with Crippen LogP contribution in [0.5, 0.6) is 0 Å². The van der Waals surface area contributed by atoms with E-state index in [0.29, 0.717) is 0 Å². The van der Waals surface area contributed by atoms with Crippen molar-refractivity contribution in [1.82, 2.24) is 9.78 Å². The predicted octanol–water partition coefficient (Wildman–Crippen LogP) is 3.82. The molecule has 2 heterocycles. The van der Waals surface area contributed by atoms with Crippen LogP contribution >= 0.6 is 22.9 Å². The first-order valence-corrected chi connectivity index (χ1v) is 8.37. The molecule has 0 aliphatic rings. The number of aromatic nitrogens is 2. The Labute approximate surface area is 129 Å². The van der Waals surface area contributed by atoms with Gasteiger partial charge in [0.1, 0.15) is 0 Å². The van der Waals surface area contributed by atoms with Crippen LogP contribution in [0.3, 0.4) is 0 Å². The molecule has 0 aliphatic heterocycles. The second-order valence-corrected chi connectivity index (χ2v) is 6.51. The molecule has 0 spiro atoms. The number of hydrogen-bond donors (Lipinski definition) is 1. The largest absolute Gasteiger partial charge is 0.327 e. The molecular weight excluding hydrogens is 290 g/mol. The van der Waals surface area contributed by atoms with Gasteiger partial charge < -0.3 is 5.73 Å². The van der Waals surface area contributed by atoms with E-state index in [0.717, 1.165) is 48.6 Å². The molecular formula is C15H22ClN3S. The average molecular weight is 312 g/mol.